The van der Waals surface area contributed by atoms with Gasteiger partial charge in [-0.1, -0.05) is 10.7 Å². The van der Waals surface area contributed by atoms with Gasteiger partial charge in [-0.25, -0.2) is 9.97 Å². The molecule has 3 aromatic rings. The first-order valence-electron chi connectivity index (χ1n) is 7.75. The highest BCUT2D eigenvalue weighted by Gasteiger charge is 2.26. The summed E-state index contributed by atoms with van der Waals surface area (Å²) in [6.07, 6.45) is 3.85. The first kappa shape index (κ1) is 15.1. The number of nitrogens with one attached hydrogen (secondary N) is 1. The van der Waals surface area contributed by atoms with Crippen LogP contribution < -0.4 is 9.47 Å². The van der Waals surface area contributed by atoms with Crippen molar-refractivity contribution >= 4 is 21.6 Å². The summed E-state index contributed by atoms with van der Waals surface area (Å²) in [6, 6.07) is 13.4. The lowest BCUT2D eigenvalue weighted by Gasteiger charge is -2.09. The molecule has 122 valence electrons. The Morgan fingerprint density at radius 3 is 2.50 bits per heavy atom. The minimum atomic E-state index is -0.400. The molecule has 2 aromatic carbocycles. The quantitative estimate of drug-likeness (QED) is 0.751. The zero-order valence-electron chi connectivity index (χ0n) is 13.2. The molecular formula is C18H17N3O2S. The summed E-state index contributed by atoms with van der Waals surface area (Å²) in [5.74, 6) is 1.98. The van der Waals surface area contributed by atoms with E-state index in [9.17, 15) is 0 Å². The molecule has 6 heteroatoms. The second kappa shape index (κ2) is 6.20. The van der Waals surface area contributed by atoms with Crippen molar-refractivity contribution in [3.05, 3.63) is 48.8 Å². The Labute approximate surface area is 142 Å². The van der Waals surface area contributed by atoms with E-state index < -0.39 is 10.7 Å². The highest BCUT2D eigenvalue weighted by atomic mass is 32.2. The number of benzene rings is 2. The standard InChI is InChI=1S/C18H17N3O2S/c1-22-13-4-9-16-17(10-13)20-11-21-18(16)23-12-2-5-14(6-3-12)24(19)15-7-8-15/h2-6,9-11,15,19H,7-8H2,1H3. The summed E-state index contributed by atoms with van der Waals surface area (Å²) in [5, 5.41) is 1.39. The van der Waals surface area contributed by atoms with Crippen LogP contribution in [-0.4, -0.2) is 22.3 Å². The summed E-state index contributed by atoms with van der Waals surface area (Å²) < 4.78 is 19.4. The SMILES string of the molecule is COc1ccc2c(Oc3ccc(S(=N)C4CC4)cc3)ncnc2c1. The Kier molecular flexibility index (Phi) is 3.90. The number of hydrogen-bond acceptors (Lipinski definition) is 5. The van der Waals surface area contributed by atoms with E-state index in [0.717, 1.165) is 21.5 Å². The summed E-state index contributed by atoms with van der Waals surface area (Å²) in [4.78, 5) is 9.58. The van der Waals surface area contributed by atoms with Crippen molar-refractivity contribution in [3.63, 3.8) is 0 Å². The van der Waals surface area contributed by atoms with E-state index in [1.54, 1.807) is 7.11 Å². The van der Waals surface area contributed by atoms with Gasteiger partial charge in [-0.05, 0) is 49.2 Å². The molecule has 0 bridgehead atoms. The molecule has 5 nitrogen and oxygen atoms in total. The van der Waals surface area contributed by atoms with Crippen LogP contribution >= 0.6 is 0 Å². The lowest BCUT2D eigenvalue weighted by Crippen LogP contribution is -1.96. The van der Waals surface area contributed by atoms with Crippen LogP contribution in [0.2, 0.25) is 0 Å². The van der Waals surface area contributed by atoms with Crippen LogP contribution in [-0.2, 0) is 10.7 Å². The summed E-state index contributed by atoms with van der Waals surface area (Å²) in [6.45, 7) is 0. The average Bonchev–Trinajstić information content (AvgIpc) is 3.47. The molecule has 0 spiro atoms. The topological polar surface area (TPSA) is 68.1 Å². The number of rotatable bonds is 5. The van der Waals surface area contributed by atoms with Gasteiger partial charge in [0.25, 0.3) is 0 Å². The van der Waals surface area contributed by atoms with Crippen molar-refractivity contribution in [2.24, 2.45) is 0 Å². The Morgan fingerprint density at radius 1 is 1.04 bits per heavy atom. The smallest absolute Gasteiger partial charge is 0.230 e. The van der Waals surface area contributed by atoms with E-state index >= 15 is 0 Å². The van der Waals surface area contributed by atoms with Crippen LogP contribution in [0.3, 0.4) is 0 Å². The van der Waals surface area contributed by atoms with Crippen LogP contribution in [0.15, 0.2) is 53.7 Å². The second-order valence-corrected chi connectivity index (χ2v) is 7.49. The van der Waals surface area contributed by atoms with Crippen molar-refractivity contribution in [3.8, 4) is 17.4 Å². The van der Waals surface area contributed by atoms with Crippen LogP contribution in [0, 0.1) is 4.78 Å². The number of fused-ring (bicyclic) bond motifs is 1. The predicted molar refractivity (Wildman–Crippen MR) is 94.0 cm³/mol. The molecule has 1 aromatic heterocycles. The zero-order chi connectivity index (χ0) is 16.5. The van der Waals surface area contributed by atoms with Crippen molar-refractivity contribution in [1.29, 1.82) is 4.78 Å². The monoisotopic (exact) mass is 339 g/mol. The van der Waals surface area contributed by atoms with Gasteiger partial charge in [-0.3, -0.25) is 4.78 Å². The number of methoxy groups -OCH3 is 1. The molecule has 0 saturated heterocycles. The number of hydrogen-bond donors (Lipinski definition) is 1. The zero-order valence-corrected chi connectivity index (χ0v) is 14.0. The molecule has 0 aliphatic heterocycles. The van der Waals surface area contributed by atoms with Crippen molar-refractivity contribution in [2.75, 3.05) is 7.11 Å². The molecule has 0 amide bonds. The van der Waals surface area contributed by atoms with E-state index in [4.69, 9.17) is 14.3 Å². The predicted octanol–water partition coefficient (Wildman–Crippen LogP) is 4.33. The first-order valence-corrected chi connectivity index (χ1v) is 9.04. The number of aromatic nitrogens is 2. The highest BCUT2D eigenvalue weighted by Crippen LogP contribution is 2.33. The van der Waals surface area contributed by atoms with Crippen LogP contribution in [0.25, 0.3) is 10.9 Å². The molecule has 1 atom stereocenters. The van der Waals surface area contributed by atoms with Gasteiger partial charge < -0.3 is 9.47 Å². The van der Waals surface area contributed by atoms with E-state index in [-0.39, 0.29) is 0 Å². The van der Waals surface area contributed by atoms with Gasteiger partial charge in [0.15, 0.2) is 0 Å². The average molecular weight is 339 g/mol. The minimum Gasteiger partial charge on any atom is -0.497 e. The van der Waals surface area contributed by atoms with Crippen LogP contribution in [0.1, 0.15) is 12.8 Å². The third kappa shape index (κ3) is 2.97. The second-order valence-electron chi connectivity index (χ2n) is 5.67. The molecule has 4 rings (SSSR count). The van der Waals surface area contributed by atoms with Gasteiger partial charge >= 0.3 is 0 Å². The van der Waals surface area contributed by atoms with Gasteiger partial charge in [0, 0.05) is 16.2 Å². The molecule has 1 N–H and O–H groups in total. The molecular weight excluding hydrogens is 322 g/mol. The van der Waals surface area contributed by atoms with Gasteiger partial charge in [0.1, 0.15) is 17.8 Å². The van der Waals surface area contributed by atoms with Gasteiger partial charge in [-0.15, -0.1) is 0 Å². The van der Waals surface area contributed by atoms with Crippen molar-refractivity contribution < 1.29 is 9.47 Å². The molecule has 1 aliphatic rings. The maximum absolute atomic E-state index is 8.22. The fourth-order valence-electron chi connectivity index (χ4n) is 2.48. The first-order chi connectivity index (χ1) is 11.7. The largest absolute Gasteiger partial charge is 0.497 e. The van der Waals surface area contributed by atoms with E-state index in [2.05, 4.69) is 9.97 Å². The fraction of sp³-hybridized carbons (Fsp3) is 0.222. The van der Waals surface area contributed by atoms with Crippen LogP contribution in [0.5, 0.6) is 17.4 Å². The summed E-state index contributed by atoms with van der Waals surface area (Å²) in [5.41, 5.74) is 0.775. The number of ether oxygens (including phenoxy) is 2. The van der Waals surface area contributed by atoms with Crippen LogP contribution in [0.4, 0.5) is 0 Å². The fourth-order valence-corrected chi connectivity index (χ4v) is 3.90. The van der Waals surface area contributed by atoms with Crippen molar-refractivity contribution in [1.82, 2.24) is 9.97 Å². The lowest BCUT2D eigenvalue weighted by atomic mass is 10.2. The van der Waals surface area contributed by atoms with E-state index in [1.165, 1.54) is 19.2 Å². The Morgan fingerprint density at radius 2 is 1.79 bits per heavy atom. The number of nitrogens with zero attached hydrogens (tertiary/aromatic N) is 2. The maximum Gasteiger partial charge on any atom is 0.230 e. The third-order valence-electron chi connectivity index (χ3n) is 3.96. The maximum atomic E-state index is 8.22. The van der Waals surface area contributed by atoms with Gasteiger partial charge in [-0.2, -0.15) is 0 Å². The van der Waals surface area contributed by atoms with E-state index in [0.29, 0.717) is 16.9 Å². The molecule has 24 heavy (non-hydrogen) atoms. The summed E-state index contributed by atoms with van der Waals surface area (Å²) in [7, 11) is 1.23. The molecule has 1 saturated carbocycles. The van der Waals surface area contributed by atoms with E-state index in [1.807, 2.05) is 42.5 Å². The molecule has 1 fully saturated rings. The molecule has 0 radical (unpaired) electrons. The molecule has 1 unspecified atom stereocenters. The Hall–Kier alpha value is -2.47. The van der Waals surface area contributed by atoms with Gasteiger partial charge in [0.05, 0.1) is 18.0 Å². The lowest BCUT2D eigenvalue weighted by molar-refractivity contribution is 0.415. The molecule has 1 aliphatic carbocycles. The van der Waals surface area contributed by atoms with Crippen molar-refractivity contribution in [2.45, 2.75) is 23.0 Å². The highest BCUT2D eigenvalue weighted by molar-refractivity contribution is 7.87. The molecule has 1 heterocycles. The third-order valence-corrected chi connectivity index (χ3v) is 5.88. The minimum absolute atomic E-state index is 0.400. The normalized spacial score (nSPS) is 15.2. The van der Waals surface area contributed by atoms with Gasteiger partial charge in [0.2, 0.25) is 5.88 Å². The summed E-state index contributed by atoms with van der Waals surface area (Å²) >= 11 is 0. The Balaban J connectivity index is 1.60. The Bertz CT molecular complexity index is 908.